The molecule has 2 atom stereocenters. The molecule has 0 radical (unpaired) electrons. The normalized spacial score (nSPS) is 31.0. The first kappa shape index (κ1) is 10.7. The van der Waals surface area contributed by atoms with Crippen LogP contribution in [0.2, 0.25) is 0 Å². The SMILES string of the molecule is COC1CCC(NC(=O)NC2CCC2)C1. The molecule has 0 aromatic rings. The number of nitrogens with one attached hydrogen (secondary N) is 2. The van der Waals surface area contributed by atoms with E-state index in [1.165, 1.54) is 6.42 Å². The van der Waals surface area contributed by atoms with Crippen molar-refractivity contribution < 1.29 is 9.53 Å². The van der Waals surface area contributed by atoms with Crippen LogP contribution in [-0.2, 0) is 4.74 Å². The number of carbonyl (C=O) groups excluding carboxylic acids is 1. The van der Waals surface area contributed by atoms with Gasteiger partial charge in [-0.1, -0.05) is 0 Å². The standard InChI is InChI=1S/C11H20N2O2/c1-15-10-6-5-9(7-10)13-11(14)12-8-3-2-4-8/h8-10H,2-7H2,1H3,(H2,12,13,14). The lowest BCUT2D eigenvalue weighted by Gasteiger charge is -2.27. The molecular formula is C11H20N2O2. The van der Waals surface area contributed by atoms with Crippen LogP contribution in [0.15, 0.2) is 0 Å². The predicted molar refractivity (Wildman–Crippen MR) is 57.7 cm³/mol. The van der Waals surface area contributed by atoms with Crippen LogP contribution in [-0.4, -0.2) is 31.3 Å². The fourth-order valence-electron chi connectivity index (χ4n) is 2.25. The smallest absolute Gasteiger partial charge is 0.315 e. The number of hydrogen-bond acceptors (Lipinski definition) is 2. The van der Waals surface area contributed by atoms with Gasteiger partial charge < -0.3 is 15.4 Å². The van der Waals surface area contributed by atoms with E-state index in [4.69, 9.17) is 4.74 Å². The highest BCUT2D eigenvalue weighted by Crippen LogP contribution is 2.21. The molecule has 2 fully saturated rings. The van der Waals surface area contributed by atoms with Gasteiger partial charge in [0.2, 0.25) is 0 Å². The van der Waals surface area contributed by atoms with Gasteiger partial charge in [-0.2, -0.15) is 0 Å². The van der Waals surface area contributed by atoms with E-state index in [2.05, 4.69) is 10.6 Å². The maximum absolute atomic E-state index is 11.5. The van der Waals surface area contributed by atoms with Gasteiger partial charge in [0.1, 0.15) is 0 Å². The number of hydrogen-bond donors (Lipinski definition) is 2. The molecule has 4 heteroatoms. The first-order valence-corrected chi connectivity index (χ1v) is 5.87. The van der Waals surface area contributed by atoms with Crippen LogP contribution < -0.4 is 10.6 Å². The van der Waals surface area contributed by atoms with Crippen molar-refractivity contribution in [1.29, 1.82) is 0 Å². The molecule has 0 aromatic heterocycles. The number of carbonyl (C=O) groups is 1. The van der Waals surface area contributed by atoms with Crippen molar-refractivity contribution in [3.05, 3.63) is 0 Å². The third-order valence-electron chi connectivity index (χ3n) is 3.49. The average molecular weight is 212 g/mol. The molecule has 0 saturated heterocycles. The van der Waals surface area contributed by atoms with Gasteiger partial charge >= 0.3 is 6.03 Å². The molecule has 86 valence electrons. The Morgan fingerprint density at radius 3 is 2.40 bits per heavy atom. The molecule has 0 heterocycles. The molecule has 15 heavy (non-hydrogen) atoms. The van der Waals surface area contributed by atoms with Gasteiger partial charge in [-0.15, -0.1) is 0 Å². The topological polar surface area (TPSA) is 50.4 Å². The second-order valence-corrected chi connectivity index (χ2v) is 4.61. The van der Waals surface area contributed by atoms with E-state index >= 15 is 0 Å². The van der Waals surface area contributed by atoms with E-state index in [-0.39, 0.29) is 6.03 Å². The molecule has 2 rings (SSSR count). The minimum atomic E-state index is 0.00135. The maximum atomic E-state index is 11.5. The highest BCUT2D eigenvalue weighted by molar-refractivity contribution is 5.74. The lowest BCUT2D eigenvalue weighted by Crippen LogP contribution is -2.47. The van der Waals surface area contributed by atoms with E-state index < -0.39 is 0 Å². The third-order valence-corrected chi connectivity index (χ3v) is 3.49. The van der Waals surface area contributed by atoms with Crippen molar-refractivity contribution in [3.63, 3.8) is 0 Å². The van der Waals surface area contributed by atoms with E-state index in [0.29, 0.717) is 18.2 Å². The van der Waals surface area contributed by atoms with Gasteiger partial charge in [0, 0.05) is 19.2 Å². The summed E-state index contributed by atoms with van der Waals surface area (Å²) >= 11 is 0. The van der Waals surface area contributed by atoms with Crippen LogP contribution in [0.1, 0.15) is 38.5 Å². The van der Waals surface area contributed by atoms with Crippen molar-refractivity contribution in [2.24, 2.45) is 0 Å². The van der Waals surface area contributed by atoms with Crippen molar-refractivity contribution >= 4 is 6.03 Å². The lowest BCUT2D eigenvalue weighted by atomic mass is 9.93. The summed E-state index contributed by atoms with van der Waals surface area (Å²) in [4.78, 5) is 11.5. The third kappa shape index (κ3) is 2.84. The van der Waals surface area contributed by atoms with Crippen molar-refractivity contribution in [2.75, 3.05) is 7.11 Å². The highest BCUT2D eigenvalue weighted by Gasteiger charge is 2.26. The van der Waals surface area contributed by atoms with E-state index in [1.807, 2.05) is 0 Å². The molecule has 0 aliphatic heterocycles. The molecule has 0 aromatic carbocycles. The van der Waals surface area contributed by atoms with Crippen LogP contribution in [0.25, 0.3) is 0 Å². The first-order valence-electron chi connectivity index (χ1n) is 5.87. The Bertz CT molecular complexity index is 229. The zero-order valence-electron chi connectivity index (χ0n) is 9.29. The summed E-state index contributed by atoms with van der Waals surface area (Å²) < 4.78 is 5.26. The largest absolute Gasteiger partial charge is 0.381 e. The molecule has 4 nitrogen and oxygen atoms in total. The maximum Gasteiger partial charge on any atom is 0.315 e. The quantitative estimate of drug-likeness (QED) is 0.743. The highest BCUT2D eigenvalue weighted by atomic mass is 16.5. The van der Waals surface area contributed by atoms with Gasteiger partial charge in [-0.25, -0.2) is 4.79 Å². The van der Waals surface area contributed by atoms with E-state index in [9.17, 15) is 4.79 Å². The summed E-state index contributed by atoms with van der Waals surface area (Å²) in [5.41, 5.74) is 0. The minimum Gasteiger partial charge on any atom is -0.381 e. The van der Waals surface area contributed by atoms with E-state index in [0.717, 1.165) is 32.1 Å². The van der Waals surface area contributed by atoms with Gasteiger partial charge in [-0.05, 0) is 38.5 Å². The summed E-state index contributed by atoms with van der Waals surface area (Å²) in [5.74, 6) is 0. The monoisotopic (exact) mass is 212 g/mol. The number of ether oxygens (including phenoxy) is 1. The first-order chi connectivity index (χ1) is 7.28. The number of amides is 2. The molecule has 2 amide bonds. The molecule has 2 unspecified atom stereocenters. The molecule has 2 N–H and O–H groups in total. The molecule has 2 saturated carbocycles. The number of rotatable bonds is 3. The molecule has 2 aliphatic carbocycles. The molecule has 0 spiro atoms. The molecule has 0 bridgehead atoms. The van der Waals surface area contributed by atoms with E-state index in [1.54, 1.807) is 7.11 Å². The Morgan fingerprint density at radius 1 is 1.13 bits per heavy atom. The average Bonchev–Trinajstić information content (AvgIpc) is 2.59. The van der Waals surface area contributed by atoms with Crippen molar-refractivity contribution in [3.8, 4) is 0 Å². The summed E-state index contributed by atoms with van der Waals surface area (Å²) in [6.45, 7) is 0. The van der Waals surface area contributed by atoms with Crippen LogP contribution in [0, 0.1) is 0 Å². The summed E-state index contributed by atoms with van der Waals surface area (Å²) in [5, 5.41) is 6.00. The Balaban J connectivity index is 1.65. The van der Waals surface area contributed by atoms with Crippen LogP contribution in [0.4, 0.5) is 4.79 Å². The fraction of sp³-hybridized carbons (Fsp3) is 0.909. The Hall–Kier alpha value is -0.770. The van der Waals surface area contributed by atoms with Gasteiger partial charge in [0.15, 0.2) is 0 Å². The summed E-state index contributed by atoms with van der Waals surface area (Å²) in [6.07, 6.45) is 6.91. The van der Waals surface area contributed by atoms with Gasteiger partial charge in [0.25, 0.3) is 0 Å². The lowest BCUT2D eigenvalue weighted by molar-refractivity contribution is 0.107. The van der Waals surface area contributed by atoms with Gasteiger partial charge in [0.05, 0.1) is 6.10 Å². The second-order valence-electron chi connectivity index (χ2n) is 4.61. The number of methoxy groups -OCH3 is 1. The summed E-state index contributed by atoms with van der Waals surface area (Å²) in [6, 6.07) is 0.723. The second kappa shape index (κ2) is 4.84. The van der Waals surface area contributed by atoms with Gasteiger partial charge in [-0.3, -0.25) is 0 Å². The van der Waals surface area contributed by atoms with Crippen LogP contribution in [0.3, 0.4) is 0 Å². The summed E-state index contributed by atoms with van der Waals surface area (Å²) in [7, 11) is 1.74. The fourth-order valence-corrected chi connectivity index (χ4v) is 2.25. The predicted octanol–water partition coefficient (Wildman–Crippen LogP) is 1.41. The Morgan fingerprint density at radius 2 is 1.87 bits per heavy atom. The molecular weight excluding hydrogens is 192 g/mol. The minimum absolute atomic E-state index is 0.00135. The Kier molecular flexibility index (Phi) is 3.46. The number of urea groups is 1. The van der Waals surface area contributed by atoms with Crippen molar-refractivity contribution in [1.82, 2.24) is 10.6 Å². The van der Waals surface area contributed by atoms with Crippen molar-refractivity contribution in [2.45, 2.75) is 56.7 Å². The zero-order valence-corrected chi connectivity index (χ0v) is 9.29. The Labute approximate surface area is 90.8 Å². The van der Waals surface area contributed by atoms with Crippen LogP contribution in [0.5, 0.6) is 0 Å². The zero-order chi connectivity index (χ0) is 10.7. The molecule has 2 aliphatic rings. The van der Waals surface area contributed by atoms with Crippen LogP contribution >= 0.6 is 0 Å².